The van der Waals surface area contributed by atoms with E-state index in [1.165, 1.54) is 11.1 Å². The Morgan fingerprint density at radius 1 is 0.757 bits per heavy atom. The highest BCUT2D eigenvalue weighted by Gasteiger charge is 2.31. The lowest BCUT2D eigenvalue weighted by atomic mass is 9.84. The van der Waals surface area contributed by atoms with Crippen LogP contribution in [0.2, 0.25) is 0 Å². The largest absolute Gasteiger partial charge is 0.507 e. The fourth-order valence-corrected chi connectivity index (χ4v) is 4.35. The van der Waals surface area contributed by atoms with Gasteiger partial charge in [0.05, 0.1) is 11.1 Å². The smallest absolute Gasteiger partial charge is 0.357 e. The van der Waals surface area contributed by atoms with Crippen molar-refractivity contribution in [3.8, 4) is 5.75 Å². The number of ketones is 2. The monoisotopic (exact) mass is 501 g/mol. The predicted molar refractivity (Wildman–Crippen MR) is 144 cm³/mol. The summed E-state index contributed by atoms with van der Waals surface area (Å²) in [4.78, 5) is 46.5. The summed E-state index contributed by atoms with van der Waals surface area (Å²) in [5, 5.41) is 12.6. The third-order valence-electron chi connectivity index (χ3n) is 6.36. The van der Waals surface area contributed by atoms with Crippen molar-refractivity contribution in [1.29, 1.82) is 0 Å². The van der Waals surface area contributed by atoms with Crippen LogP contribution in [0.1, 0.15) is 94.2 Å². The minimum atomic E-state index is -0.662. The third kappa shape index (κ3) is 6.71. The van der Waals surface area contributed by atoms with Crippen LogP contribution in [0.25, 0.3) is 0 Å². The molecule has 0 bridgehead atoms. The maximum atomic E-state index is 13.9. The Labute approximate surface area is 218 Å². The molecule has 0 atom stereocenters. The molecule has 0 amide bonds. The molecule has 194 valence electrons. The van der Waals surface area contributed by atoms with Crippen molar-refractivity contribution in [2.24, 2.45) is 0 Å². The van der Waals surface area contributed by atoms with Crippen LogP contribution in [-0.2, 0) is 11.3 Å². The standard InChI is InChI=1S/C31H35NO5/c1-4-7-8-15-20-24-25(31(36)37-32(5-2)6-3)21-26(33)28(30(35)23-18-13-10-14-19-23)27(24)29(34)22-16-11-9-12-17-22/h9-14,16-19,21,33H,4-8,15,20H2,1-3H3. The van der Waals surface area contributed by atoms with Crippen molar-refractivity contribution in [2.45, 2.75) is 52.9 Å². The zero-order valence-corrected chi connectivity index (χ0v) is 21.8. The van der Waals surface area contributed by atoms with E-state index in [2.05, 4.69) is 6.92 Å². The molecule has 0 saturated heterocycles. The lowest BCUT2D eigenvalue weighted by Crippen LogP contribution is -2.28. The highest BCUT2D eigenvalue weighted by molar-refractivity contribution is 6.22. The molecule has 0 fully saturated rings. The van der Waals surface area contributed by atoms with Gasteiger partial charge in [-0.15, -0.1) is 5.06 Å². The van der Waals surface area contributed by atoms with E-state index in [4.69, 9.17) is 4.84 Å². The molecule has 0 aliphatic carbocycles. The Morgan fingerprint density at radius 2 is 1.30 bits per heavy atom. The summed E-state index contributed by atoms with van der Waals surface area (Å²) < 4.78 is 0. The first-order valence-electron chi connectivity index (χ1n) is 13.0. The minimum Gasteiger partial charge on any atom is -0.507 e. The number of unbranched alkanes of at least 4 members (excludes halogenated alkanes) is 3. The van der Waals surface area contributed by atoms with Crippen molar-refractivity contribution in [2.75, 3.05) is 13.1 Å². The van der Waals surface area contributed by atoms with Crippen LogP contribution >= 0.6 is 0 Å². The average molecular weight is 502 g/mol. The molecule has 0 aromatic heterocycles. The fourth-order valence-electron chi connectivity index (χ4n) is 4.35. The van der Waals surface area contributed by atoms with Crippen molar-refractivity contribution in [1.82, 2.24) is 5.06 Å². The number of hydrogen-bond donors (Lipinski definition) is 1. The quantitative estimate of drug-likeness (QED) is 0.166. The van der Waals surface area contributed by atoms with E-state index in [0.29, 0.717) is 36.2 Å². The average Bonchev–Trinajstić information content (AvgIpc) is 2.94. The van der Waals surface area contributed by atoms with Crippen LogP contribution in [0, 0.1) is 0 Å². The highest BCUT2D eigenvalue weighted by Crippen LogP contribution is 2.34. The lowest BCUT2D eigenvalue weighted by molar-refractivity contribution is -0.103. The number of phenols is 1. The van der Waals surface area contributed by atoms with Crippen molar-refractivity contribution >= 4 is 17.5 Å². The summed E-state index contributed by atoms with van der Waals surface area (Å²) in [6.07, 6.45) is 4.06. The summed E-state index contributed by atoms with van der Waals surface area (Å²) in [7, 11) is 0. The van der Waals surface area contributed by atoms with Gasteiger partial charge in [0.2, 0.25) is 0 Å². The molecule has 0 aliphatic heterocycles. The van der Waals surface area contributed by atoms with E-state index in [9.17, 15) is 19.5 Å². The molecule has 0 saturated carbocycles. The zero-order valence-electron chi connectivity index (χ0n) is 21.8. The molecule has 37 heavy (non-hydrogen) atoms. The molecule has 0 aliphatic rings. The van der Waals surface area contributed by atoms with Crippen LogP contribution in [0.15, 0.2) is 66.7 Å². The summed E-state index contributed by atoms with van der Waals surface area (Å²) in [5.74, 6) is -1.98. The summed E-state index contributed by atoms with van der Waals surface area (Å²) in [6, 6.07) is 18.4. The van der Waals surface area contributed by atoms with Crippen LogP contribution in [0.5, 0.6) is 5.75 Å². The molecule has 3 rings (SSSR count). The molecule has 1 N–H and O–H groups in total. The van der Waals surface area contributed by atoms with E-state index in [1.807, 2.05) is 13.8 Å². The Balaban J connectivity index is 2.27. The van der Waals surface area contributed by atoms with Crippen LogP contribution in [-0.4, -0.2) is 40.8 Å². The number of rotatable bonds is 13. The SMILES string of the molecule is CCCCCCc1c(C(=O)ON(CC)CC)cc(O)c(C(=O)c2ccccc2)c1C(=O)c1ccccc1. The van der Waals surface area contributed by atoms with E-state index in [0.717, 1.165) is 25.7 Å². The molecule has 0 heterocycles. The molecule has 0 unspecified atom stereocenters. The van der Waals surface area contributed by atoms with Crippen LogP contribution in [0.3, 0.4) is 0 Å². The second-order valence-electron chi connectivity index (χ2n) is 8.87. The van der Waals surface area contributed by atoms with Crippen LogP contribution in [0.4, 0.5) is 0 Å². The number of benzene rings is 3. The summed E-state index contributed by atoms with van der Waals surface area (Å²) in [5.41, 5.74) is 1.21. The highest BCUT2D eigenvalue weighted by atomic mass is 16.7. The Bertz CT molecular complexity index is 1220. The topological polar surface area (TPSA) is 83.9 Å². The molecule has 3 aromatic carbocycles. The van der Waals surface area contributed by atoms with Gasteiger partial charge >= 0.3 is 5.97 Å². The van der Waals surface area contributed by atoms with Gasteiger partial charge < -0.3 is 9.94 Å². The van der Waals surface area contributed by atoms with Gasteiger partial charge in [-0.25, -0.2) is 4.79 Å². The Kier molecular flexibility index (Phi) is 10.2. The first-order chi connectivity index (χ1) is 17.9. The predicted octanol–water partition coefficient (Wildman–Crippen LogP) is 6.39. The van der Waals surface area contributed by atoms with Gasteiger partial charge in [0, 0.05) is 29.8 Å². The van der Waals surface area contributed by atoms with E-state index in [-0.39, 0.29) is 16.7 Å². The van der Waals surface area contributed by atoms with Gasteiger partial charge in [-0.2, -0.15) is 0 Å². The van der Waals surface area contributed by atoms with Gasteiger partial charge in [-0.3, -0.25) is 9.59 Å². The molecular formula is C31H35NO5. The lowest BCUT2D eigenvalue weighted by Gasteiger charge is -2.21. The van der Waals surface area contributed by atoms with Crippen molar-refractivity contribution in [3.63, 3.8) is 0 Å². The molecule has 0 spiro atoms. The van der Waals surface area contributed by atoms with E-state index in [1.54, 1.807) is 60.7 Å². The fraction of sp³-hybridized carbons (Fsp3) is 0.323. The number of aromatic hydroxyl groups is 1. The minimum absolute atomic E-state index is 0.0584. The third-order valence-corrected chi connectivity index (χ3v) is 6.36. The second-order valence-corrected chi connectivity index (χ2v) is 8.87. The zero-order chi connectivity index (χ0) is 26.8. The van der Waals surface area contributed by atoms with Crippen molar-refractivity contribution in [3.05, 3.63) is 100 Å². The van der Waals surface area contributed by atoms with Crippen LogP contribution < -0.4 is 0 Å². The molecule has 6 heteroatoms. The summed E-state index contributed by atoms with van der Waals surface area (Å²) in [6.45, 7) is 6.81. The molecule has 0 radical (unpaired) electrons. The number of carbonyl (C=O) groups is 3. The van der Waals surface area contributed by atoms with E-state index < -0.39 is 23.3 Å². The van der Waals surface area contributed by atoms with Crippen molar-refractivity contribution < 1.29 is 24.3 Å². The van der Waals surface area contributed by atoms with E-state index >= 15 is 0 Å². The van der Waals surface area contributed by atoms with Gasteiger partial charge in [0.15, 0.2) is 11.6 Å². The summed E-state index contributed by atoms with van der Waals surface area (Å²) >= 11 is 0. The second kappa shape index (κ2) is 13.5. The maximum Gasteiger partial charge on any atom is 0.357 e. The number of hydroxylamine groups is 2. The van der Waals surface area contributed by atoms with Gasteiger partial charge in [-0.1, -0.05) is 86.8 Å². The number of nitrogens with zero attached hydrogens (tertiary/aromatic N) is 1. The normalized spacial score (nSPS) is 10.9. The number of phenolic OH excluding ortho intramolecular Hbond substituents is 1. The number of carbonyl (C=O) groups excluding carboxylic acids is 3. The van der Waals surface area contributed by atoms with Gasteiger partial charge in [0.1, 0.15) is 5.75 Å². The molecule has 3 aromatic rings. The molecule has 6 nitrogen and oxygen atoms in total. The van der Waals surface area contributed by atoms with Gasteiger partial charge in [0.25, 0.3) is 0 Å². The first-order valence-corrected chi connectivity index (χ1v) is 13.0. The maximum absolute atomic E-state index is 13.9. The first kappa shape index (κ1) is 27.8. The van der Waals surface area contributed by atoms with Gasteiger partial charge in [-0.05, 0) is 38.3 Å². The molecular weight excluding hydrogens is 466 g/mol. The Hall–Kier alpha value is -3.77. The Morgan fingerprint density at radius 3 is 1.81 bits per heavy atom. The number of hydrogen-bond acceptors (Lipinski definition) is 6.